The van der Waals surface area contributed by atoms with Gasteiger partial charge in [0.2, 0.25) is 0 Å². The number of primary amides is 1. The number of benzene rings is 1. The van der Waals surface area contributed by atoms with Crippen LogP contribution in [0.25, 0.3) is 5.69 Å². The largest absolute Gasteiger partial charge is 0.434 e. The zero-order valence-corrected chi connectivity index (χ0v) is 26.0. The van der Waals surface area contributed by atoms with Crippen LogP contribution < -0.4 is 16.7 Å². The standard InChI is InChI=1S/C28H42N6O6Si/c1-27(2,3)41(6,7)39-18-12-20-9-8-10-21(19-20)34-13-11-22(31-26(34)38)30-25(37)33-16-14-32(15-17-33)23(35)28(4,5)40-24(29)36/h8-11,13,19H,12,14-18H2,1-7H3,(H2,29,36)(H,30,31,37,38). The topological polar surface area (TPSA) is 149 Å². The van der Waals surface area contributed by atoms with Crippen LogP contribution in [-0.4, -0.2) is 84.1 Å². The van der Waals surface area contributed by atoms with E-state index in [9.17, 15) is 19.2 Å². The van der Waals surface area contributed by atoms with E-state index in [0.29, 0.717) is 12.3 Å². The molecule has 0 atom stereocenters. The summed E-state index contributed by atoms with van der Waals surface area (Å²) in [5.74, 6) is -0.265. The van der Waals surface area contributed by atoms with Crippen molar-refractivity contribution in [3.8, 4) is 5.69 Å². The summed E-state index contributed by atoms with van der Waals surface area (Å²) in [6.07, 6.45) is 1.27. The number of nitrogens with zero attached hydrogens (tertiary/aromatic N) is 4. The molecule has 1 aromatic heterocycles. The summed E-state index contributed by atoms with van der Waals surface area (Å²) < 4.78 is 12.6. The third-order valence-electron chi connectivity index (χ3n) is 7.61. The highest BCUT2D eigenvalue weighted by atomic mass is 28.4. The Morgan fingerprint density at radius 2 is 1.66 bits per heavy atom. The molecule has 1 aliphatic heterocycles. The van der Waals surface area contributed by atoms with E-state index in [-0.39, 0.29) is 37.0 Å². The molecule has 2 heterocycles. The summed E-state index contributed by atoms with van der Waals surface area (Å²) >= 11 is 0. The second-order valence-electron chi connectivity index (χ2n) is 12.1. The number of carbonyl (C=O) groups is 3. The zero-order valence-electron chi connectivity index (χ0n) is 25.0. The minimum atomic E-state index is -1.84. The molecule has 3 rings (SSSR count). The minimum Gasteiger partial charge on any atom is -0.434 e. The average molecular weight is 587 g/mol. The van der Waals surface area contributed by atoms with E-state index < -0.39 is 37.6 Å². The average Bonchev–Trinajstić information content (AvgIpc) is 2.87. The van der Waals surface area contributed by atoms with Gasteiger partial charge in [0.1, 0.15) is 5.82 Å². The summed E-state index contributed by atoms with van der Waals surface area (Å²) in [5, 5.41) is 2.79. The molecule has 41 heavy (non-hydrogen) atoms. The van der Waals surface area contributed by atoms with Gasteiger partial charge in [-0.1, -0.05) is 32.9 Å². The fraction of sp³-hybridized carbons (Fsp3) is 0.536. The number of rotatable bonds is 8. The van der Waals surface area contributed by atoms with Crippen LogP contribution in [0.5, 0.6) is 0 Å². The molecule has 3 N–H and O–H groups in total. The Kier molecular flexibility index (Phi) is 9.65. The molecule has 0 saturated carbocycles. The Hall–Kier alpha value is -3.71. The molecule has 4 amide bonds. The number of hydrogen-bond donors (Lipinski definition) is 2. The predicted molar refractivity (Wildman–Crippen MR) is 159 cm³/mol. The fourth-order valence-corrected chi connectivity index (χ4v) is 5.19. The van der Waals surface area contributed by atoms with Crippen molar-refractivity contribution in [1.82, 2.24) is 19.4 Å². The quantitative estimate of drug-likeness (QED) is 0.451. The maximum absolute atomic E-state index is 12.8. The summed E-state index contributed by atoms with van der Waals surface area (Å²) in [4.78, 5) is 56.5. The SMILES string of the molecule is CC(C)(OC(N)=O)C(=O)N1CCN(C(=O)Nc2ccn(-c3cccc(CCO[Si](C)(C)C(C)(C)C)c3)c(=O)n2)CC1. The van der Waals surface area contributed by atoms with Crippen LogP contribution in [0.4, 0.5) is 15.4 Å². The Morgan fingerprint density at radius 3 is 2.24 bits per heavy atom. The molecule has 12 nitrogen and oxygen atoms in total. The Balaban J connectivity index is 1.58. The number of hydrogen-bond acceptors (Lipinski definition) is 7. The molecule has 13 heteroatoms. The lowest BCUT2D eigenvalue weighted by Crippen LogP contribution is -2.56. The molecular weight excluding hydrogens is 544 g/mol. The van der Waals surface area contributed by atoms with Gasteiger partial charge in [0.15, 0.2) is 13.9 Å². The number of aromatic nitrogens is 2. The molecule has 1 aromatic carbocycles. The Labute approximate surface area is 241 Å². The predicted octanol–water partition coefficient (Wildman–Crippen LogP) is 3.35. The van der Waals surface area contributed by atoms with E-state index in [2.05, 4.69) is 44.2 Å². The van der Waals surface area contributed by atoms with Crippen LogP contribution in [0, 0.1) is 0 Å². The lowest BCUT2D eigenvalue weighted by molar-refractivity contribution is -0.149. The third-order valence-corrected chi connectivity index (χ3v) is 12.2. The highest BCUT2D eigenvalue weighted by Crippen LogP contribution is 2.36. The first-order valence-corrected chi connectivity index (χ1v) is 16.6. The molecule has 0 radical (unpaired) electrons. The van der Waals surface area contributed by atoms with E-state index in [4.69, 9.17) is 14.9 Å². The lowest BCUT2D eigenvalue weighted by Gasteiger charge is -2.37. The summed E-state index contributed by atoms with van der Waals surface area (Å²) in [5.41, 5.74) is 4.86. The smallest absolute Gasteiger partial charge is 0.405 e. The highest BCUT2D eigenvalue weighted by molar-refractivity contribution is 6.74. The normalized spacial score (nSPS) is 14.5. The molecule has 2 aromatic rings. The summed E-state index contributed by atoms with van der Waals surface area (Å²) in [6.45, 7) is 15.6. The molecule has 1 fully saturated rings. The molecule has 224 valence electrons. The second-order valence-corrected chi connectivity index (χ2v) is 16.9. The molecule has 1 saturated heterocycles. The van der Waals surface area contributed by atoms with Crippen molar-refractivity contribution >= 4 is 32.2 Å². The van der Waals surface area contributed by atoms with Crippen molar-refractivity contribution in [3.63, 3.8) is 0 Å². The molecule has 0 unspecified atom stereocenters. The van der Waals surface area contributed by atoms with Gasteiger partial charge in [-0.3, -0.25) is 14.7 Å². The van der Waals surface area contributed by atoms with Crippen molar-refractivity contribution in [2.24, 2.45) is 5.73 Å². The number of carbonyl (C=O) groups excluding carboxylic acids is 3. The molecular formula is C28H42N6O6Si. The minimum absolute atomic E-state index is 0.129. The van der Waals surface area contributed by atoms with Crippen molar-refractivity contribution in [2.75, 3.05) is 38.1 Å². The number of ether oxygens (including phenoxy) is 1. The third kappa shape index (κ3) is 8.16. The van der Waals surface area contributed by atoms with E-state index in [0.717, 1.165) is 12.0 Å². The van der Waals surface area contributed by atoms with Crippen molar-refractivity contribution in [1.29, 1.82) is 0 Å². The second kappa shape index (κ2) is 12.4. The first kappa shape index (κ1) is 31.8. The van der Waals surface area contributed by atoms with Crippen LogP contribution in [0.15, 0.2) is 41.3 Å². The number of amides is 4. The van der Waals surface area contributed by atoms with E-state index in [1.54, 1.807) is 12.3 Å². The fourth-order valence-electron chi connectivity index (χ4n) is 4.15. The van der Waals surface area contributed by atoms with Gasteiger partial charge in [0.05, 0.1) is 5.69 Å². The summed E-state index contributed by atoms with van der Waals surface area (Å²) in [7, 11) is -1.84. The van der Waals surface area contributed by atoms with Crippen LogP contribution in [0.1, 0.15) is 40.2 Å². The zero-order chi connectivity index (χ0) is 30.6. The van der Waals surface area contributed by atoms with Gasteiger partial charge in [-0.15, -0.1) is 0 Å². The number of piperazine rings is 1. The number of anilines is 1. The van der Waals surface area contributed by atoms with Crippen LogP contribution in [0.3, 0.4) is 0 Å². The van der Waals surface area contributed by atoms with E-state index in [1.807, 2.05) is 24.3 Å². The van der Waals surface area contributed by atoms with Gasteiger partial charge in [-0.2, -0.15) is 4.98 Å². The molecule has 0 bridgehead atoms. The number of urea groups is 1. The van der Waals surface area contributed by atoms with E-state index in [1.165, 1.54) is 28.2 Å². The van der Waals surface area contributed by atoms with Gasteiger partial charge >= 0.3 is 17.8 Å². The van der Waals surface area contributed by atoms with Crippen molar-refractivity contribution in [3.05, 3.63) is 52.6 Å². The van der Waals surface area contributed by atoms with Crippen molar-refractivity contribution in [2.45, 2.75) is 64.8 Å². The van der Waals surface area contributed by atoms with Gasteiger partial charge < -0.3 is 24.7 Å². The monoisotopic (exact) mass is 586 g/mol. The maximum atomic E-state index is 12.8. The number of nitrogens with one attached hydrogen (secondary N) is 1. The van der Waals surface area contributed by atoms with Crippen LogP contribution in [0.2, 0.25) is 18.1 Å². The van der Waals surface area contributed by atoms with Gasteiger partial charge in [-0.25, -0.2) is 14.4 Å². The first-order chi connectivity index (χ1) is 19.0. The Bertz CT molecular complexity index is 1330. The van der Waals surface area contributed by atoms with Gasteiger partial charge in [-0.05, 0) is 62.2 Å². The first-order valence-electron chi connectivity index (χ1n) is 13.7. The summed E-state index contributed by atoms with van der Waals surface area (Å²) in [6, 6.07) is 8.80. The van der Waals surface area contributed by atoms with Crippen molar-refractivity contribution < 1.29 is 23.5 Å². The maximum Gasteiger partial charge on any atom is 0.405 e. The van der Waals surface area contributed by atoms with Crippen LogP contribution in [-0.2, 0) is 20.4 Å². The van der Waals surface area contributed by atoms with Gasteiger partial charge in [0, 0.05) is 39.0 Å². The van der Waals surface area contributed by atoms with Crippen LogP contribution >= 0.6 is 0 Å². The molecule has 1 aliphatic rings. The molecule has 0 spiro atoms. The Morgan fingerprint density at radius 1 is 1.02 bits per heavy atom. The molecule has 0 aliphatic carbocycles. The number of nitrogens with two attached hydrogens (primary N) is 1. The van der Waals surface area contributed by atoms with E-state index >= 15 is 0 Å². The lowest BCUT2D eigenvalue weighted by atomic mass is 10.1. The highest BCUT2D eigenvalue weighted by Gasteiger charge is 2.38. The van der Waals surface area contributed by atoms with Gasteiger partial charge in [0.25, 0.3) is 5.91 Å².